The molecule has 0 heterocycles. The van der Waals surface area contributed by atoms with Gasteiger partial charge in [0.15, 0.2) is 0 Å². The molecule has 0 aliphatic rings. The smallest absolute Gasteiger partial charge is 0.407 e. The van der Waals surface area contributed by atoms with Crippen LogP contribution in [0.25, 0.3) is 0 Å². The van der Waals surface area contributed by atoms with Crippen molar-refractivity contribution in [2.45, 2.75) is 33.3 Å². The van der Waals surface area contributed by atoms with Crippen LogP contribution in [-0.4, -0.2) is 30.6 Å². The van der Waals surface area contributed by atoms with Crippen LogP contribution in [0.3, 0.4) is 0 Å². The van der Waals surface area contributed by atoms with E-state index >= 15 is 0 Å². The average Bonchev–Trinajstić information content (AvgIpc) is 2.08. The van der Waals surface area contributed by atoms with Gasteiger partial charge in [-0.1, -0.05) is 0 Å². The number of rotatable bonds is 6. The monoisotopic (exact) mass is 253 g/mol. The molecule has 0 radical (unpaired) electrons. The first kappa shape index (κ1) is 15.0. The maximum absolute atomic E-state index is 11.2. The van der Waals surface area contributed by atoms with Crippen molar-refractivity contribution in [2.75, 3.05) is 18.9 Å². The van der Waals surface area contributed by atoms with Gasteiger partial charge in [-0.05, 0) is 27.7 Å². The number of nitrogens with one attached hydrogen (secondary N) is 1. The lowest BCUT2D eigenvalue weighted by atomic mass is 10.2. The van der Waals surface area contributed by atoms with E-state index in [9.17, 15) is 4.79 Å². The molecule has 0 saturated carbocycles. The van der Waals surface area contributed by atoms with Gasteiger partial charge in [-0.15, -0.1) is 11.4 Å². The van der Waals surface area contributed by atoms with Gasteiger partial charge in [0.05, 0.1) is 8.01 Å². The summed E-state index contributed by atoms with van der Waals surface area (Å²) in [6.45, 7) is 8.85. The number of alkyl carbamates (subject to hydrolysis) is 1. The van der Waals surface area contributed by atoms with Gasteiger partial charge in [0.2, 0.25) is 0 Å². The Bertz CT molecular complexity index is 185. The third-order valence-corrected chi connectivity index (χ3v) is 3.39. The van der Waals surface area contributed by atoms with Crippen LogP contribution in [0, 0.1) is 0 Å². The summed E-state index contributed by atoms with van der Waals surface area (Å²) in [4.78, 5) is 11.2. The fraction of sp³-hybridized carbons (Fsp3) is 0.889. The van der Waals surface area contributed by atoms with Crippen molar-refractivity contribution in [1.82, 2.24) is 5.32 Å². The molecule has 0 saturated heterocycles. The first-order valence-corrected chi connectivity index (χ1v) is 7.53. The van der Waals surface area contributed by atoms with Crippen molar-refractivity contribution >= 4 is 25.5 Å². The van der Waals surface area contributed by atoms with Gasteiger partial charge < -0.3 is 14.6 Å². The highest BCUT2D eigenvalue weighted by Gasteiger charge is 2.15. The van der Waals surface area contributed by atoms with Crippen LogP contribution in [0.1, 0.15) is 27.7 Å². The SMILES string of the molecule is CCOPSCCNC(=O)OC(C)(C)C. The zero-order chi connectivity index (χ0) is 11.7. The van der Waals surface area contributed by atoms with Crippen molar-refractivity contribution in [3.63, 3.8) is 0 Å². The molecule has 0 spiro atoms. The number of ether oxygens (including phenoxy) is 1. The number of hydrogen-bond donors (Lipinski definition) is 1. The molecular weight excluding hydrogens is 233 g/mol. The van der Waals surface area contributed by atoms with Crippen LogP contribution in [0.2, 0.25) is 0 Å². The van der Waals surface area contributed by atoms with Gasteiger partial charge in [0.25, 0.3) is 0 Å². The summed E-state index contributed by atoms with van der Waals surface area (Å²) in [6.07, 6.45) is -0.358. The van der Waals surface area contributed by atoms with Crippen molar-refractivity contribution in [3.05, 3.63) is 0 Å². The minimum Gasteiger partial charge on any atom is -0.444 e. The third kappa shape index (κ3) is 11.9. The van der Waals surface area contributed by atoms with Gasteiger partial charge in [-0.3, -0.25) is 0 Å². The Kier molecular flexibility index (Phi) is 8.20. The van der Waals surface area contributed by atoms with E-state index in [1.807, 2.05) is 27.7 Å². The lowest BCUT2D eigenvalue weighted by Gasteiger charge is -2.19. The number of carbonyl (C=O) groups is 1. The van der Waals surface area contributed by atoms with Crippen molar-refractivity contribution in [1.29, 1.82) is 0 Å². The van der Waals surface area contributed by atoms with Gasteiger partial charge in [-0.2, -0.15) is 0 Å². The zero-order valence-electron chi connectivity index (χ0n) is 9.75. The minimum absolute atomic E-state index is 0.358. The fourth-order valence-corrected chi connectivity index (χ4v) is 2.31. The van der Waals surface area contributed by atoms with Crippen molar-refractivity contribution in [2.24, 2.45) is 0 Å². The van der Waals surface area contributed by atoms with E-state index in [4.69, 9.17) is 9.26 Å². The normalized spacial score (nSPS) is 12.0. The third-order valence-electron chi connectivity index (χ3n) is 1.13. The van der Waals surface area contributed by atoms with Crippen LogP contribution < -0.4 is 5.32 Å². The zero-order valence-corrected chi connectivity index (χ0v) is 11.6. The Morgan fingerprint density at radius 1 is 1.47 bits per heavy atom. The van der Waals surface area contributed by atoms with E-state index < -0.39 is 5.60 Å². The lowest BCUT2D eigenvalue weighted by Crippen LogP contribution is -2.33. The second kappa shape index (κ2) is 8.20. The van der Waals surface area contributed by atoms with Crippen molar-refractivity contribution < 1.29 is 14.1 Å². The predicted octanol–water partition coefficient (Wildman–Crippen LogP) is 2.79. The maximum atomic E-state index is 11.2. The highest BCUT2D eigenvalue weighted by molar-refractivity contribution is 8.48. The Balaban J connectivity index is 3.32. The summed E-state index contributed by atoms with van der Waals surface area (Å²) >= 11 is 1.67. The Hall–Kier alpha value is 0.0100. The van der Waals surface area contributed by atoms with E-state index in [-0.39, 0.29) is 6.09 Å². The molecule has 0 fully saturated rings. The molecule has 1 atom stereocenters. The van der Waals surface area contributed by atoms with E-state index in [1.165, 1.54) is 0 Å². The first-order valence-electron chi connectivity index (χ1n) is 4.91. The molecule has 4 nitrogen and oxygen atoms in total. The minimum atomic E-state index is -0.426. The molecule has 6 heteroatoms. The highest BCUT2D eigenvalue weighted by atomic mass is 32.7. The molecule has 0 aromatic rings. The Morgan fingerprint density at radius 3 is 2.67 bits per heavy atom. The Morgan fingerprint density at radius 2 is 2.13 bits per heavy atom. The largest absolute Gasteiger partial charge is 0.444 e. The highest BCUT2D eigenvalue weighted by Crippen LogP contribution is 2.29. The molecule has 0 aliphatic carbocycles. The summed E-state index contributed by atoms with van der Waals surface area (Å²) < 4.78 is 10.2. The lowest BCUT2D eigenvalue weighted by molar-refractivity contribution is 0.0531. The standard InChI is InChI=1S/C9H20NO3PS/c1-5-12-14-15-7-6-10-8(11)13-9(2,3)4/h14H,5-7H2,1-4H3,(H,10,11). The first-order chi connectivity index (χ1) is 6.95. The number of carbonyl (C=O) groups excluding carboxylic acids is 1. The summed E-state index contributed by atoms with van der Waals surface area (Å²) in [7, 11) is 0.450. The summed E-state index contributed by atoms with van der Waals surface area (Å²) in [6, 6.07) is 0. The number of amides is 1. The predicted molar refractivity (Wildman–Crippen MR) is 66.6 cm³/mol. The molecule has 1 N–H and O–H groups in total. The van der Waals surface area contributed by atoms with Gasteiger partial charge >= 0.3 is 6.09 Å². The Labute approximate surface area is 97.5 Å². The van der Waals surface area contributed by atoms with Gasteiger partial charge in [0, 0.05) is 18.9 Å². The molecule has 0 aromatic heterocycles. The molecule has 1 unspecified atom stereocenters. The van der Waals surface area contributed by atoms with Crippen LogP contribution >= 0.6 is 19.4 Å². The van der Waals surface area contributed by atoms with Crippen LogP contribution in [0.4, 0.5) is 4.79 Å². The van der Waals surface area contributed by atoms with Gasteiger partial charge in [-0.25, -0.2) is 4.79 Å². The topological polar surface area (TPSA) is 47.6 Å². The summed E-state index contributed by atoms with van der Waals surface area (Å²) in [5, 5.41) is 2.68. The summed E-state index contributed by atoms with van der Waals surface area (Å²) in [5.41, 5.74) is -0.426. The molecule has 90 valence electrons. The molecular formula is C9H20NO3PS. The van der Waals surface area contributed by atoms with Gasteiger partial charge in [0.1, 0.15) is 5.60 Å². The molecule has 0 rings (SSSR count). The molecule has 0 bridgehead atoms. The van der Waals surface area contributed by atoms with E-state index in [0.29, 0.717) is 14.6 Å². The average molecular weight is 253 g/mol. The molecule has 0 aliphatic heterocycles. The van der Waals surface area contributed by atoms with E-state index in [2.05, 4.69) is 5.32 Å². The van der Waals surface area contributed by atoms with E-state index in [1.54, 1.807) is 11.4 Å². The second-order valence-electron chi connectivity index (χ2n) is 3.79. The molecule has 0 aromatic carbocycles. The summed E-state index contributed by atoms with van der Waals surface area (Å²) in [5.74, 6) is 0.845. The quantitative estimate of drug-likeness (QED) is 0.584. The second-order valence-corrected chi connectivity index (χ2v) is 6.31. The van der Waals surface area contributed by atoms with Crippen LogP contribution in [-0.2, 0) is 9.26 Å². The number of hydrogen-bond acceptors (Lipinski definition) is 4. The maximum Gasteiger partial charge on any atom is 0.407 e. The molecule has 1 amide bonds. The van der Waals surface area contributed by atoms with Crippen molar-refractivity contribution in [3.8, 4) is 0 Å². The van der Waals surface area contributed by atoms with Crippen LogP contribution in [0.15, 0.2) is 0 Å². The molecule has 15 heavy (non-hydrogen) atoms. The fourth-order valence-electron chi connectivity index (χ4n) is 0.661. The van der Waals surface area contributed by atoms with E-state index in [0.717, 1.165) is 12.4 Å². The van der Waals surface area contributed by atoms with Crippen LogP contribution in [0.5, 0.6) is 0 Å².